The Labute approximate surface area is 143 Å². The second-order valence-electron chi connectivity index (χ2n) is 5.44. The minimum atomic E-state index is -4.55. The summed E-state index contributed by atoms with van der Waals surface area (Å²) in [6, 6.07) is 4.47. The standard InChI is InChI=1S/C15H17F3N4O2S/c1-10-7-13(12(9-20-10)15(16,17)18)21-8-11-5-4-6-19-14(11)22(2)25(3,23)24/h4-7,9H,8H2,1-3H3,(H,20,21). The summed E-state index contributed by atoms with van der Waals surface area (Å²) in [4.78, 5) is 7.70. The topological polar surface area (TPSA) is 75.2 Å². The summed E-state index contributed by atoms with van der Waals surface area (Å²) in [7, 11) is -2.21. The molecule has 0 atom stereocenters. The Balaban J connectivity index is 2.34. The molecule has 2 rings (SSSR count). The van der Waals surface area contributed by atoms with E-state index in [1.54, 1.807) is 19.1 Å². The highest BCUT2D eigenvalue weighted by Crippen LogP contribution is 2.35. The summed E-state index contributed by atoms with van der Waals surface area (Å²) < 4.78 is 63.6. The molecule has 0 aromatic carbocycles. The van der Waals surface area contributed by atoms with E-state index in [9.17, 15) is 21.6 Å². The third kappa shape index (κ3) is 4.59. The predicted molar refractivity (Wildman–Crippen MR) is 88.8 cm³/mol. The summed E-state index contributed by atoms with van der Waals surface area (Å²) in [5.41, 5.74) is -0.148. The quantitative estimate of drug-likeness (QED) is 0.871. The number of rotatable bonds is 5. The van der Waals surface area contributed by atoms with Crippen LogP contribution in [0.4, 0.5) is 24.7 Å². The molecule has 10 heteroatoms. The van der Waals surface area contributed by atoms with Gasteiger partial charge >= 0.3 is 6.18 Å². The van der Waals surface area contributed by atoms with Crippen LogP contribution in [-0.2, 0) is 22.7 Å². The number of nitrogens with one attached hydrogen (secondary N) is 1. The molecule has 0 saturated heterocycles. The molecule has 136 valence electrons. The smallest absolute Gasteiger partial charge is 0.380 e. The fraction of sp³-hybridized carbons (Fsp3) is 0.333. The predicted octanol–water partition coefficient (Wildman–Crippen LogP) is 2.81. The molecule has 1 N–H and O–H groups in total. The fourth-order valence-corrected chi connectivity index (χ4v) is 2.61. The van der Waals surface area contributed by atoms with E-state index < -0.39 is 21.8 Å². The van der Waals surface area contributed by atoms with Crippen LogP contribution >= 0.6 is 0 Å². The molecule has 0 unspecified atom stereocenters. The third-order valence-electron chi connectivity index (χ3n) is 3.48. The Kier molecular flexibility index (Phi) is 5.21. The zero-order valence-electron chi connectivity index (χ0n) is 13.8. The molecule has 2 aromatic rings. The molecule has 2 aromatic heterocycles. The van der Waals surface area contributed by atoms with Crippen molar-refractivity contribution in [3.8, 4) is 0 Å². The van der Waals surface area contributed by atoms with Crippen LogP contribution in [0.2, 0.25) is 0 Å². The van der Waals surface area contributed by atoms with Crippen molar-refractivity contribution in [2.45, 2.75) is 19.6 Å². The Morgan fingerprint density at radius 3 is 2.56 bits per heavy atom. The highest BCUT2D eigenvalue weighted by Gasteiger charge is 2.34. The Morgan fingerprint density at radius 1 is 1.28 bits per heavy atom. The van der Waals surface area contributed by atoms with Gasteiger partial charge in [0.2, 0.25) is 10.0 Å². The molecule has 0 spiro atoms. The lowest BCUT2D eigenvalue weighted by molar-refractivity contribution is -0.137. The van der Waals surface area contributed by atoms with Crippen molar-refractivity contribution in [1.82, 2.24) is 9.97 Å². The summed E-state index contributed by atoms with van der Waals surface area (Å²) >= 11 is 0. The third-order valence-corrected chi connectivity index (χ3v) is 4.65. The summed E-state index contributed by atoms with van der Waals surface area (Å²) in [6.45, 7) is 1.55. The van der Waals surface area contributed by atoms with Crippen LogP contribution in [0.5, 0.6) is 0 Å². The molecule has 25 heavy (non-hydrogen) atoms. The number of hydrogen-bond acceptors (Lipinski definition) is 5. The number of nitrogens with zero attached hydrogens (tertiary/aromatic N) is 3. The molecule has 2 heterocycles. The molecule has 0 bridgehead atoms. The number of pyridine rings is 2. The van der Waals surface area contributed by atoms with Crippen LogP contribution in [-0.4, -0.2) is 31.7 Å². The highest BCUT2D eigenvalue weighted by atomic mass is 32.2. The molecule has 0 amide bonds. The van der Waals surface area contributed by atoms with Crippen LogP contribution in [0.3, 0.4) is 0 Å². The van der Waals surface area contributed by atoms with E-state index in [0.29, 0.717) is 11.3 Å². The number of sulfonamides is 1. The first-order chi connectivity index (χ1) is 11.5. The monoisotopic (exact) mass is 374 g/mol. The molecule has 0 aliphatic heterocycles. The van der Waals surface area contributed by atoms with Crippen LogP contribution in [0.15, 0.2) is 30.6 Å². The van der Waals surface area contributed by atoms with Gasteiger partial charge in [-0.2, -0.15) is 13.2 Å². The van der Waals surface area contributed by atoms with Gasteiger partial charge in [-0.05, 0) is 19.1 Å². The van der Waals surface area contributed by atoms with Gasteiger partial charge in [-0.15, -0.1) is 0 Å². The van der Waals surface area contributed by atoms with Crippen molar-refractivity contribution in [2.24, 2.45) is 0 Å². The van der Waals surface area contributed by atoms with E-state index in [1.807, 2.05) is 0 Å². The highest BCUT2D eigenvalue weighted by molar-refractivity contribution is 7.92. The normalized spacial score (nSPS) is 12.1. The van der Waals surface area contributed by atoms with Gasteiger partial charge in [-0.25, -0.2) is 13.4 Å². The lowest BCUT2D eigenvalue weighted by Gasteiger charge is -2.20. The van der Waals surface area contributed by atoms with Crippen molar-refractivity contribution in [1.29, 1.82) is 0 Å². The Bertz CT molecular complexity index is 869. The first-order valence-corrected chi connectivity index (χ1v) is 9.00. The van der Waals surface area contributed by atoms with Crippen molar-refractivity contribution >= 4 is 21.5 Å². The maximum atomic E-state index is 13.1. The molecule has 0 radical (unpaired) electrons. The van der Waals surface area contributed by atoms with Gasteiger partial charge in [-0.1, -0.05) is 6.07 Å². The molecular weight excluding hydrogens is 357 g/mol. The first-order valence-electron chi connectivity index (χ1n) is 7.15. The second-order valence-corrected chi connectivity index (χ2v) is 7.45. The van der Waals surface area contributed by atoms with Crippen LogP contribution in [0.1, 0.15) is 16.8 Å². The second kappa shape index (κ2) is 6.87. The van der Waals surface area contributed by atoms with E-state index in [1.165, 1.54) is 19.3 Å². The van der Waals surface area contributed by atoms with E-state index in [4.69, 9.17) is 0 Å². The fourth-order valence-electron chi connectivity index (χ4n) is 2.13. The minimum absolute atomic E-state index is 0.0322. The van der Waals surface area contributed by atoms with Gasteiger partial charge in [0.05, 0.1) is 17.5 Å². The summed E-state index contributed by atoms with van der Waals surface area (Å²) in [5.74, 6) is 0.150. The average Bonchev–Trinajstić information content (AvgIpc) is 2.50. The number of hydrogen-bond donors (Lipinski definition) is 1. The molecular formula is C15H17F3N4O2S. The van der Waals surface area contributed by atoms with Crippen LogP contribution < -0.4 is 9.62 Å². The zero-order chi connectivity index (χ0) is 18.8. The van der Waals surface area contributed by atoms with Crippen molar-refractivity contribution in [3.05, 3.63) is 47.4 Å². The van der Waals surface area contributed by atoms with Crippen molar-refractivity contribution < 1.29 is 21.6 Å². The zero-order valence-corrected chi connectivity index (χ0v) is 14.6. The number of halogens is 3. The molecule has 0 aliphatic carbocycles. The number of aromatic nitrogens is 2. The van der Waals surface area contributed by atoms with E-state index >= 15 is 0 Å². The Morgan fingerprint density at radius 2 is 1.96 bits per heavy atom. The van der Waals surface area contributed by atoms with Crippen LogP contribution in [0, 0.1) is 6.92 Å². The maximum Gasteiger partial charge on any atom is 0.419 e. The summed E-state index contributed by atoms with van der Waals surface area (Å²) in [6.07, 6.45) is -1.35. The number of aryl methyl sites for hydroxylation is 1. The van der Waals surface area contributed by atoms with E-state index in [-0.39, 0.29) is 18.1 Å². The minimum Gasteiger partial charge on any atom is -0.380 e. The van der Waals surface area contributed by atoms with E-state index in [2.05, 4.69) is 15.3 Å². The molecule has 6 nitrogen and oxygen atoms in total. The Hall–Kier alpha value is -2.36. The van der Waals surface area contributed by atoms with Crippen LogP contribution in [0.25, 0.3) is 0 Å². The largest absolute Gasteiger partial charge is 0.419 e. The van der Waals surface area contributed by atoms with Gasteiger partial charge in [0.1, 0.15) is 5.82 Å². The molecule has 0 fully saturated rings. The van der Waals surface area contributed by atoms with Gasteiger partial charge < -0.3 is 5.32 Å². The SMILES string of the molecule is Cc1cc(NCc2cccnc2N(C)S(C)(=O)=O)c(C(F)(F)F)cn1. The average molecular weight is 374 g/mol. The van der Waals surface area contributed by atoms with Gasteiger partial charge in [0, 0.05) is 37.2 Å². The first kappa shape index (κ1) is 19.0. The lowest BCUT2D eigenvalue weighted by Crippen LogP contribution is -2.27. The lowest BCUT2D eigenvalue weighted by atomic mass is 10.2. The van der Waals surface area contributed by atoms with E-state index in [0.717, 1.165) is 16.8 Å². The summed E-state index contributed by atoms with van der Waals surface area (Å²) in [5, 5.41) is 2.70. The number of alkyl halides is 3. The molecule has 0 saturated carbocycles. The molecule has 0 aliphatic rings. The van der Waals surface area contributed by atoms with Gasteiger partial charge in [0.15, 0.2) is 0 Å². The van der Waals surface area contributed by atoms with Crippen molar-refractivity contribution in [2.75, 3.05) is 22.9 Å². The number of anilines is 2. The maximum absolute atomic E-state index is 13.1. The van der Waals surface area contributed by atoms with Gasteiger partial charge in [0.25, 0.3) is 0 Å². The van der Waals surface area contributed by atoms with Gasteiger partial charge in [-0.3, -0.25) is 9.29 Å². The van der Waals surface area contributed by atoms with Crippen molar-refractivity contribution in [3.63, 3.8) is 0 Å².